The van der Waals surface area contributed by atoms with Crippen molar-refractivity contribution in [1.82, 2.24) is 0 Å². The van der Waals surface area contributed by atoms with Gasteiger partial charge in [-0.1, -0.05) is 11.6 Å². The molecule has 1 aromatic carbocycles. The van der Waals surface area contributed by atoms with E-state index >= 15 is 0 Å². The van der Waals surface area contributed by atoms with E-state index in [2.05, 4.69) is 32.9 Å². The van der Waals surface area contributed by atoms with Crippen LogP contribution in [-0.4, -0.2) is 21.9 Å². The highest BCUT2D eigenvalue weighted by Crippen LogP contribution is 2.53. The van der Waals surface area contributed by atoms with Crippen molar-refractivity contribution in [3.8, 4) is 11.5 Å². The fourth-order valence-electron chi connectivity index (χ4n) is 4.33. The number of rotatable bonds is 4. The average molecular weight is 330 g/mol. The lowest BCUT2D eigenvalue weighted by Gasteiger charge is -2.46. The summed E-state index contributed by atoms with van der Waals surface area (Å²) in [4.78, 5) is 0. The summed E-state index contributed by atoms with van der Waals surface area (Å²) >= 11 is 0. The fraction of sp³-hybridized carbons (Fsp3) is 0.619. The molecule has 3 atom stereocenters. The number of aryl methyl sites for hydroxylation is 1. The Hall–Kier alpha value is -1.48. The minimum absolute atomic E-state index is 0.223. The lowest BCUT2D eigenvalue weighted by molar-refractivity contribution is 0.0107. The number of aliphatic hydroxyl groups is 1. The number of hydrogen-bond donors (Lipinski definition) is 2. The van der Waals surface area contributed by atoms with Crippen LogP contribution in [0, 0.1) is 5.92 Å². The van der Waals surface area contributed by atoms with Gasteiger partial charge in [-0.2, -0.15) is 0 Å². The number of aromatic hydroxyl groups is 1. The van der Waals surface area contributed by atoms with Crippen LogP contribution < -0.4 is 4.74 Å². The number of phenolic OH excluding ortho intramolecular Hbond substituents is 1. The Bertz CT molecular complexity index is 643. The monoisotopic (exact) mass is 330 g/mol. The largest absolute Gasteiger partial charge is 0.507 e. The van der Waals surface area contributed by atoms with Gasteiger partial charge in [0, 0.05) is 17.4 Å². The Morgan fingerprint density at radius 2 is 2.08 bits per heavy atom. The first-order valence-corrected chi connectivity index (χ1v) is 9.18. The van der Waals surface area contributed by atoms with Crippen LogP contribution in [0.2, 0.25) is 0 Å². The Balaban J connectivity index is 1.94. The minimum atomic E-state index is -0.275. The number of hydrogen-bond acceptors (Lipinski definition) is 3. The molecule has 132 valence electrons. The quantitative estimate of drug-likeness (QED) is 0.786. The van der Waals surface area contributed by atoms with E-state index in [-0.39, 0.29) is 17.6 Å². The third-order valence-electron chi connectivity index (χ3n) is 5.61. The summed E-state index contributed by atoms with van der Waals surface area (Å²) in [6, 6.07) is 3.98. The third kappa shape index (κ3) is 3.32. The molecule has 0 saturated heterocycles. The number of phenols is 1. The SMILES string of the molecule is CC1=CC2c3c(O)cc(CCCC(C)O)cc3OC(C)(C)C2CC1. The molecule has 0 saturated carbocycles. The van der Waals surface area contributed by atoms with Gasteiger partial charge in [-0.15, -0.1) is 0 Å². The molecular formula is C21H30O3. The van der Waals surface area contributed by atoms with Gasteiger partial charge >= 0.3 is 0 Å². The van der Waals surface area contributed by atoms with Gasteiger partial charge in [-0.05, 0) is 77.5 Å². The van der Waals surface area contributed by atoms with Crippen LogP contribution in [0.3, 0.4) is 0 Å². The molecule has 1 heterocycles. The van der Waals surface area contributed by atoms with Gasteiger partial charge in [0.2, 0.25) is 0 Å². The molecule has 2 aliphatic rings. The summed E-state index contributed by atoms with van der Waals surface area (Å²) in [7, 11) is 0. The molecule has 0 spiro atoms. The second kappa shape index (κ2) is 6.44. The summed E-state index contributed by atoms with van der Waals surface area (Å²) in [6.07, 6.45) is 6.79. The topological polar surface area (TPSA) is 49.7 Å². The van der Waals surface area contributed by atoms with Crippen molar-refractivity contribution in [3.05, 3.63) is 34.9 Å². The zero-order valence-corrected chi connectivity index (χ0v) is 15.3. The van der Waals surface area contributed by atoms with E-state index in [0.29, 0.717) is 11.7 Å². The van der Waals surface area contributed by atoms with Crippen LogP contribution in [0.5, 0.6) is 11.5 Å². The highest BCUT2D eigenvalue weighted by atomic mass is 16.5. The number of allylic oxidation sites excluding steroid dienone is 2. The molecule has 1 aliphatic carbocycles. The first-order chi connectivity index (χ1) is 11.3. The Labute approximate surface area is 145 Å². The van der Waals surface area contributed by atoms with E-state index in [4.69, 9.17) is 4.74 Å². The molecule has 0 bridgehead atoms. The van der Waals surface area contributed by atoms with E-state index in [9.17, 15) is 10.2 Å². The molecule has 0 radical (unpaired) electrons. The number of fused-ring (bicyclic) bond motifs is 3. The molecule has 3 unspecified atom stereocenters. The molecule has 0 amide bonds. The average Bonchev–Trinajstić information content (AvgIpc) is 2.45. The predicted molar refractivity (Wildman–Crippen MR) is 96.7 cm³/mol. The minimum Gasteiger partial charge on any atom is -0.507 e. The van der Waals surface area contributed by atoms with E-state index in [0.717, 1.165) is 49.0 Å². The van der Waals surface area contributed by atoms with E-state index in [1.807, 2.05) is 13.0 Å². The summed E-state index contributed by atoms with van der Waals surface area (Å²) in [5.41, 5.74) is 3.22. The number of benzene rings is 1. The highest BCUT2D eigenvalue weighted by molar-refractivity contribution is 5.53. The zero-order chi connectivity index (χ0) is 17.5. The van der Waals surface area contributed by atoms with Crippen molar-refractivity contribution in [3.63, 3.8) is 0 Å². The van der Waals surface area contributed by atoms with Crippen molar-refractivity contribution in [2.45, 2.75) is 77.4 Å². The van der Waals surface area contributed by atoms with Gasteiger partial charge in [-0.25, -0.2) is 0 Å². The number of ether oxygens (including phenoxy) is 1. The smallest absolute Gasteiger partial charge is 0.127 e. The highest BCUT2D eigenvalue weighted by Gasteiger charge is 2.45. The molecular weight excluding hydrogens is 300 g/mol. The maximum absolute atomic E-state index is 10.7. The van der Waals surface area contributed by atoms with Crippen LogP contribution in [0.15, 0.2) is 23.8 Å². The fourth-order valence-corrected chi connectivity index (χ4v) is 4.33. The van der Waals surface area contributed by atoms with Gasteiger partial charge in [0.25, 0.3) is 0 Å². The molecule has 3 heteroatoms. The Morgan fingerprint density at radius 3 is 2.79 bits per heavy atom. The molecule has 1 aromatic rings. The van der Waals surface area contributed by atoms with Crippen LogP contribution in [-0.2, 0) is 6.42 Å². The molecule has 2 N–H and O–H groups in total. The molecule has 24 heavy (non-hydrogen) atoms. The van der Waals surface area contributed by atoms with Crippen molar-refractivity contribution >= 4 is 0 Å². The van der Waals surface area contributed by atoms with E-state index in [1.165, 1.54) is 5.57 Å². The second-order valence-corrected chi connectivity index (χ2v) is 8.16. The lowest BCUT2D eigenvalue weighted by atomic mass is 9.68. The van der Waals surface area contributed by atoms with Crippen LogP contribution in [0.1, 0.15) is 70.4 Å². The zero-order valence-electron chi connectivity index (χ0n) is 15.3. The van der Waals surface area contributed by atoms with Gasteiger partial charge in [0.1, 0.15) is 17.1 Å². The lowest BCUT2D eigenvalue weighted by Crippen LogP contribution is -2.45. The molecule has 0 fully saturated rings. The maximum atomic E-state index is 10.7. The normalized spacial score (nSPS) is 26.0. The molecule has 3 nitrogen and oxygen atoms in total. The molecule has 3 rings (SSSR count). The van der Waals surface area contributed by atoms with Gasteiger partial charge in [0.15, 0.2) is 0 Å². The predicted octanol–water partition coefficient (Wildman–Crippen LogP) is 4.71. The maximum Gasteiger partial charge on any atom is 0.127 e. The van der Waals surface area contributed by atoms with Crippen LogP contribution in [0.4, 0.5) is 0 Å². The van der Waals surface area contributed by atoms with Crippen LogP contribution >= 0.6 is 0 Å². The van der Waals surface area contributed by atoms with Crippen molar-refractivity contribution < 1.29 is 14.9 Å². The third-order valence-corrected chi connectivity index (χ3v) is 5.61. The first-order valence-electron chi connectivity index (χ1n) is 9.18. The van der Waals surface area contributed by atoms with Crippen molar-refractivity contribution in [2.24, 2.45) is 5.92 Å². The summed E-state index contributed by atoms with van der Waals surface area (Å²) in [5, 5.41) is 20.1. The van der Waals surface area contributed by atoms with Crippen molar-refractivity contribution in [1.29, 1.82) is 0 Å². The van der Waals surface area contributed by atoms with E-state index < -0.39 is 0 Å². The van der Waals surface area contributed by atoms with Crippen molar-refractivity contribution in [2.75, 3.05) is 0 Å². The molecule has 1 aliphatic heterocycles. The summed E-state index contributed by atoms with van der Waals surface area (Å²) < 4.78 is 6.33. The second-order valence-electron chi connectivity index (χ2n) is 8.16. The van der Waals surface area contributed by atoms with Gasteiger partial charge in [-0.3, -0.25) is 0 Å². The molecule has 0 aromatic heterocycles. The summed E-state index contributed by atoms with van der Waals surface area (Å²) in [5.74, 6) is 1.83. The number of aliphatic hydroxyl groups excluding tert-OH is 1. The van der Waals surface area contributed by atoms with Gasteiger partial charge < -0.3 is 14.9 Å². The van der Waals surface area contributed by atoms with E-state index in [1.54, 1.807) is 0 Å². The van der Waals surface area contributed by atoms with Crippen LogP contribution in [0.25, 0.3) is 0 Å². The standard InChI is InChI=1S/C21H30O3/c1-13-8-9-17-16(10-13)20-18(23)11-15(7-5-6-14(2)22)12-19(20)24-21(17,3)4/h10-12,14,16-17,22-23H,5-9H2,1-4H3. The Morgan fingerprint density at radius 1 is 1.33 bits per heavy atom. The Kier molecular flexibility index (Phi) is 4.65. The summed E-state index contributed by atoms with van der Waals surface area (Å²) in [6.45, 7) is 8.33. The first kappa shape index (κ1) is 17.3. The van der Waals surface area contributed by atoms with Gasteiger partial charge in [0.05, 0.1) is 6.10 Å².